The second kappa shape index (κ2) is 10.4. The minimum atomic E-state index is -1.17. The Hall–Kier alpha value is -3.85. The molecule has 34 heavy (non-hydrogen) atoms. The van der Waals surface area contributed by atoms with Crippen LogP contribution < -0.4 is 10.3 Å². The van der Waals surface area contributed by atoms with E-state index in [-0.39, 0.29) is 18.1 Å². The summed E-state index contributed by atoms with van der Waals surface area (Å²) in [5, 5.41) is 12.2. The zero-order valence-electron chi connectivity index (χ0n) is 18.8. The molecule has 0 amide bonds. The number of hydrogen-bond acceptors (Lipinski definition) is 7. The molecule has 1 N–H and O–H groups in total. The number of pyridine rings is 2. The number of thiazole rings is 1. The lowest BCUT2D eigenvalue weighted by molar-refractivity contribution is -0.131. The summed E-state index contributed by atoms with van der Waals surface area (Å²) in [6.45, 7) is 4.34. The van der Waals surface area contributed by atoms with Crippen LogP contribution >= 0.6 is 11.3 Å². The van der Waals surface area contributed by atoms with Gasteiger partial charge in [-0.15, -0.1) is 11.3 Å². The van der Waals surface area contributed by atoms with Crippen LogP contribution in [0.5, 0.6) is 5.88 Å². The summed E-state index contributed by atoms with van der Waals surface area (Å²) in [6, 6.07) is 9.13. The highest BCUT2D eigenvalue weighted by Crippen LogP contribution is 2.20. The summed E-state index contributed by atoms with van der Waals surface area (Å²) >= 11 is 1.66. The van der Waals surface area contributed by atoms with Gasteiger partial charge in [0.05, 0.1) is 16.4 Å². The molecule has 4 rings (SSSR count). The number of aromatic nitrogens is 4. The predicted octanol–water partition coefficient (Wildman–Crippen LogP) is 4.13. The van der Waals surface area contributed by atoms with E-state index < -0.39 is 11.5 Å². The van der Waals surface area contributed by atoms with Crippen LogP contribution in [0.1, 0.15) is 47.3 Å². The van der Waals surface area contributed by atoms with Crippen LogP contribution in [-0.2, 0) is 24.2 Å². The molecule has 4 aromatic heterocycles. The second-order valence-corrected chi connectivity index (χ2v) is 8.94. The summed E-state index contributed by atoms with van der Waals surface area (Å²) in [7, 11) is 0. The van der Waals surface area contributed by atoms with Gasteiger partial charge in [-0.05, 0) is 48.2 Å². The summed E-state index contributed by atoms with van der Waals surface area (Å²) in [5.74, 6) is -0.708. The molecule has 0 aliphatic carbocycles. The van der Waals surface area contributed by atoms with Crippen molar-refractivity contribution in [3.05, 3.63) is 92.1 Å². The molecule has 0 atom stereocenters. The van der Waals surface area contributed by atoms with Crippen LogP contribution in [-0.4, -0.2) is 30.4 Å². The first-order valence-corrected chi connectivity index (χ1v) is 11.7. The Kier molecular flexibility index (Phi) is 7.12. The number of carboxylic acids is 1. The molecule has 4 heterocycles. The number of ether oxygens (including phenoxy) is 1. The number of fused-ring (bicyclic) bond motifs is 1. The van der Waals surface area contributed by atoms with Gasteiger partial charge in [0, 0.05) is 30.3 Å². The van der Waals surface area contributed by atoms with E-state index >= 15 is 0 Å². The molecule has 174 valence electrons. The van der Waals surface area contributed by atoms with Gasteiger partial charge >= 0.3 is 5.97 Å². The lowest BCUT2D eigenvalue weighted by Crippen LogP contribution is -2.20. The topological polar surface area (TPSA) is 107 Å². The van der Waals surface area contributed by atoms with Crippen LogP contribution in [0, 0.1) is 0 Å². The smallest absolute Gasteiger partial charge is 0.328 e. The van der Waals surface area contributed by atoms with Gasteiger partial charge in [-0.2, -0.15) is 4.98 Å². The van der Waals surface area contributed by atoms with Crippen molar-refractivity contribution in [3.8, 4) is 5.88 Å². The molecule has 0 saturated carbocycles. The molecule has 0 spiro atoms. The van der Waals surface area contributed by atoms with Crippen LogP contribution in [0.25, 0.3) is 11.7 Å². The van der Waals surface area contributed by atoms with E-state index in [1.807, 2.05) is 18.2 Å². The standard InChI is InChI=1S/C25H24N4O4S/c1-16(2)20-15-34-22(27-20)8-6-17-10-12-29-21(13-17)28-24(19(25(29)32)7-9-23(30)31)33-14-18-5-3-4-11-26-18/h3-5,7,9-13,15-16H,6,8,14H2,1-2H3,(H,30,31)/b9-7+. The lowest BCUT2D eigenvalue weighted by atomic mass is 10.1. The quantitative estimate of drug-likeness (QED) is 0.362. The van der Waals surface area contributed by atoms with E-state index in [1.165, 1.54) is 10.5 Å². The average Bonchev–Trinajstić information content (AvgIpc) is 3.31. The fraction of sp³-hybridized carbons (Fsp3) is 0.240. The largest absolute Gasteiger partial charge is 0.478 e. The fourth-order valence-corrected chi connectivity index (χ4v) is 4.28. The van der Waals surface area contributed by atoms with E-state index in [9.17, 15) is 9.59 Å². The van der Waals surface area contributed by atoms with Crippen LogP contribution in [0.15, 0.2) is 59.0 Å². The molecule has 0 bridgehead atoms. The molecule has 0 unspecified atom stereocenters. The second-order valence-electron chi connectivity index (χ2n) is 8.00. The molecule has 0 aliphatic heterocycles. The first kappa shape index (κ1) is 23.3. The summed E-state index contributed by atoms with van der Waals surface area (Å²) in [6.07, 6.45) is 6.95. The number of aliphatic carboxylic acids is 1. The molecular formula is C25H24N4O4S. The van der Waals surface area contributed by atoms with Gasteiger partial charge in [0.2, 0.25) is 5.88 Å². The van der Waals surface area contributed by atoms with Gasteiger partial charge in [-0.3, -0.25) is 14.2 Å². The summed E-state index contributed by atoms with van der Waals surface area (Å²) in [5.41, 5.74) is 2.85. The SMILES string of the molecule is CC(C)c1csc(CCc2ccn3c(=O)c(/C=C/C(=O)O)c(OCc4ccccn4)nc3c2)n1. The minimum absolute atomic E-state index is 0.0619. The Morgan fingerprint density at radius 2 is 2.09 bits per heavy atom. The highest BCUT2D eigenvalue weighted by atomic mass is 32.1. The predicted molar refractivity (Wildman–Crippen MR) is 130 cm³/mol. The normalized spacial score (nSPS) is 11.5. The molecular weight excluding hydrogens is 452 g/mol. The Morgan fingerprint density at radius 3 is 2.79 bits per heavy atom. The number of nitrogens with zero attached hydrogens (tertiary/aromatic N) is 4. The first-order chi connectivity index (χ1) is 16.4. The van der Waals surface area contributed by atoms with Gasteiger partial charge in [0.15, 0.2) is 0 Å². The zero-order valence-corrected chi connectivity index (χ0v) is 19.7. The van der Waals surface area contributed by atoms with Crippen molar-refractivity contribution < 1.29 is 14.6 Å². The molecule has 0 aliphatic rings. The highest BCUT2D eigenvalue weighted by Gasteiger charge is 2.14. The lowest BCUT2D eigenvalue weighted by Gasteiger charge is -2.11. The molecule has 0 aromatic carbocycles. The summed E-state index contributed by atoms with van der Waals surface area (Å²) < 4.78 is 7.19. The third-order valence-electron chi connectivity index (χ3n) is 5.16. The van der Waals surface area contributed by atoms with Crippen LogP contribution in [0.4, 0.5) is 0 Å². The summed E-state index contributed by atoms with van der Waals surface area (Å²) in [4.78, 5) is 37.6. The first-order valence-electron chi connectivity index (χ1n) is 10.8. The van der Waals surface area contributed by atoms with Gasteiger partial charge < -0.3 is 9.84 Å². The monoisotopic (exact) mass is 476 g/mol. The number of rotatable bonds is 9. The molecule has 8 nitrogen and oxygen atoms in total. The van der Waals surface area contributed by atoms with E-state index in [4.69, 9.17) is 9.84 Å². The molecule has 0 fully saturated rings. The van der Waals surface area contributed by atoms with E-state index in [0.717, 1.165) is 35.2 Å². The van der Waals surface area contributed by atoms with Gasteiger partial charge in [-0.25, -0.2) is 9.78 Å². The third kappa shape index (κ3) is 5.55. The molecule has 4 aromatic rings. The number of aryl methyl sites for hydroxylation is 2. The van der Waals surface area contributed by atoms with E-state index in [0.29, 0.717) is 17.3 Å². The van der Waals surface area contributed by atoms with Gasteiger partial charge in [-0.1, -0.05) is 19.9 Å². The van der Waals surface area contributed by atoms with Crippen molar-refractivity contribution in [2.45, 2.75) is 39.2 Å². The van der Waals surface area contributed by atoms with E-state index in [2.05, 4.69) is 34.2 Å². The Morgan fingerprint density at radius 1 is 1.24 bits per heavy atom. The number of hydrogen-bond donors (Lipinski definition) is 1. The average molecular weight is 477 g/mol. The Labute approximate surface area is 200 Å². The Bertz CT molecular complexity index is 1390. The fourth-order valence-electron chi connectivity index (χ4n) is 3.32. The van der Waals surface area contributed by atoms with Crippen LogP contribution in [0.2, 0.25) is 0 Å². The number of carbonyl (C=O) groups is 1. The van der Waals surface area contributed by atoms with Crippen molar-refractivity contribution in [1.82, 2.24) is 19.4 Å². The Balaban J connectivity index is 1.64. The number of carboxylic acid groups (broad SMARTS) is 1. The molecule has 0 radical (unpaired) electrons. The van der Waals surface area contributed by atoms with Crippen molar-refractivity contribution in [2.24, 2.45) is 0 Å². The minimum Gasteiger partial charge on any atom is -0.478 e. The maximum Gasteiger partial charge on any atom is 0.328 e. The maximum atomic E-state index is 13.1. The maximum absolute atomic E-state index is 13.1. The van der Waals surface area contributed by atoms with E-state index in [1.54, 1.807) is 35.9 Å². The van der Waals surface area contributed by atoms with Crippen molar-refractivity contribution >= 4 is 29.0 Å². The highest BCUT2D eigenvalue weighted by molar-refractivity contribution is 7.09. The van der Waals surface area contributed by atoms with Crippen molar-refractivity contribution in [2.75, 3.05) is 0 Å². The van der Waals surface area contributed by atoms with Crippen molar-refractivity contribution in [3.63, 3.8) is 0 Å². The zero-order chi connectivity index (χ0) is 24.1. The third-order valence-corrected chi connectivity index (χ3v) is 6.09. The van der Waals surface area contributed by atoms with Crippen LogP contribution in [0.3, 0.4) is 0 Å². The molecule has 0 saturated heterocycles. The van der Waals surface area contributed by atoms with Gasteiger partial charge in [0.1, 0.15) is 17.8 Å². The van der Waals surface area contributed by atoms with Crippen molar-refractivity contribution in [1.29, 1.82) is 0 Å². The molecule has 9 heteroatoms. The van der Waals surface area contributed by atoms with Gasteiger partial charge in [0.25, 0.3) is 5.56 Å².